The molecule has 0 bridgehead atoms. The van der Waals surface area contributed by atoms with Gasteiger partial charge >= 0.3 is 0 Å². The number of nitrogens with one attached hydrogen (secondary N) is 2. The molecule has 17 heavy (non-hydrogen) atoms. The van der Waals surface area contributed by atoms with E-state index in [1.54, 1.807) is 0 Å². The number of carbonyl (C=O) groups excluding carboxylic acids is 1. The van der Waals surface area contributed by atoms with Crippen LogP contribution >= 0.6 is 0 Å². The van der Waals surface area contributed by atoms with Gasteiger partial charge in [0.15, 0.2) is 0 Å². The molecule has 4 heteroatoms. The minimum Gasteiger partial charge on any atom is -0.354 e. The molecule has 0 spiro atoms. The minimum absolute atomic E-state index is 0.183. The molecule has 98 valence electrons. The molecule has 0 radical (unpaired) electrons. The molecular formula is C13H25N3O. The number of piperidine rings is 1. The minimum atomic E-state index is 0.183. The van der Waals surface area contributed by atoms with Crippen LogP contribution in [0.1, 0.15) is 33.1 Å². The van der Waals surface area contributed by atoms with E-state index >= 15 is 0 Å². The quantitative estimate of drug-likeness (QED) is 0.754. The summed E-state index contributed by atoms with van der Waals surface area (Å²) in [5.74, 6) is 1.000. The Kier molecular flexibility index (Phi) is 4.40. The van der Waals surface area contributed by atoms with Gasteiger partial charge in [0.05, 0.1) is 0 Å². The van der Waals surface area contributed by atoms with Crippen LogP contribution in [0.25, 0.3) is 0 Å². The Morgan fingerprint density at radius 3 is 3.00 bits per heavy atom. The molecule has 2 saturated heterocycles. The van der Waals surface area contributed by atoms with E-state index in [0.717, 1.165) is 19.0 Å². The smallest absolute Gasteiger partial charge is 0.221 e. The molecule has 2 aliphatic rings. The maximum atomic E-state index is 11.6. The number of hydrogen-bond donors (Lipinski definition) is 2. The molecule has 2 aliphatic heterocycles. The van der Waals surface area contributed by atoms with Crippen LogP contribution in [0, 0.1) is 5.92 Å². The maximum absolute atomic E-state index is 11.6. The Morgan fingerprint density at radius 1 is 1.47 bits per heavy atom. The second-order valence-corrected chi connectivity index (χ2v) is 5.69. The first-order chi connectivity index (χ1) is 8.15. The molecule has 2 rings (SSSR count). The summed E-state index contributed by atoms with van der Waals surface area (Å²) in [6.07, 6.45) is 3.30. The molecule has 0 saturated carbocycles. The van der Waals surface area contributed by atoms with Crippen molar-refractivity contribution in [3.63, 3.8) is 0 Å². The van der Waals surface area contributed by atoms with Crippen molar-refractivity contribution in [2.24, 2.45) is 5.92 Å². The van der Waals surface area contributed by atoms with E-state index in [0.29, 0.717) is 12.5 Å². The van der Waals surface area contributed by atoms with Gasteiger partial charge in [-0.15, -0.1) is 0 Å². The second-order valence-electron chi connectivity index (χ2n) is 5.69. The second kappa shape index (κ2) is 5.83. The molecule has 4 nitrogen and oxygen atoms in total. The summed E-state index contributed by atoms with van der Waals surface area (Å²) in [6.45, 7) is 8.39. The molecule has 1 amide bonds. The van der Waals surface area contributed by atoms with Crippen molar-refractivity contribution in [1.29, 1.82) is 0 Å². The Hall–Kier alpha value is -0.610. The largest absolute Gasteiger partial charge is 0.354 e. The number of nitrogens with zero attached hydrogens (tertiary/aromatic N) is 1. The summed E-state index contributed by atoms with van der Waals surface area (Å²) in [5.41, 5.74) is 0. The van der Waals surface area contributed by atoms with Crippen LogP contribution in [0.4, 0.5) is 0 Å². The van der Waals surface area contributed by atoms with E-state index in [2.05, 4.69) is 15.5 Å². The highest BCUT2D eigenvalue weighted by molar-refractivity contribution is 5.76. The third-order valence-corrected chi connectivity index (χ3v) is 3.78. The number of amides is 1. The Bertz CT molecular complexity index is 253. The Labute approximate surface area is 104 Å². The average Bonchev–Trinajstić information content (AvgIpc) is 2.68. The zero-order valence-corrected chi connectivity index (χ0v) is 11.0. The van der Waals surface area contributed by atoms with Gasteiger partial charge in [0.1, 0.15) is 0 Å². The normalized spacial score (nSPS) is 29.4. The highest BCUT2D eigenvalue weighted by Gasteiger charge is 2.33. The van der Waals surface area contributed by atoms with Gasteiger partial charge in [-0.25, -0.2) is 0 Å². The lowest BCUT2D eigenvalue weighted by Crippen LogP contribution is -2.40. The summed E-state index contributed by atoms with van der Waals surface area (Å²) >= 11 is 0. The van der Waals surface area contributed by atoms with Gasteiger partial charge in [0.2, 0.25) is 5.91 Å². The van der Waals surface area contributed by atoms with Crippen LogP contribution in [-0.2, 0) is 4.79 Å². The first kappa shape index (κ1) is 12.8. The molecule has 2 N–H and O–H groups in total. The van der Waals surface area contributed by atoms with E-state index in [4.69, 9.17) is 0 Å². The number of rotatable bonds is 4. The van der Waals surface area contributed by atoms with Crippen LogP contribution in [0.15, 0.2) is 0 Å². The fourth-order valence-corrected chi connectivity index (χ4v) is 2.97. The predicted octanol–water partition coefficient (Wildman–Crippen LogP) is 0.585. The zero-order chi connectivity index (χ0) is 12.3. The maximum Gasteiger partial charge on any atom is 0.221 e. The topological polar surface area (TPSA) is 44.4 Å². The van der Waals surface area contributed by atoms with Gasteiger partial charge < -0.3 is 15.5 Å². The number of carbonyl (C=O) groups is 1. The third kappa shape index (κ3) is 3.68. The molecule has 0 aromatic heterocycles. The lowest BCUT2D eigenvalue weighted by molar-refractivity contribution is -0.121. The lowest BCUT2D eigenvalue weighted by Gasteiger charge is -2.24. The summed E-state index contributed by atoms with van der Waals surface area (Å²) in [5, 5.41) is 6.54. The van der Waals surface area contributed by atoms with E-state index in [-0.39, 0.29) is 11.9 Å². The molecule has 2 heterocycles. The SMILES string of the molecule is CC(C)NC(=O)CCN1C[C@@H]2CCCN[C@@H]2C1. The third-order valence-electron chi connectivity index (χ3n) is 3.78. The fourth-order valence-electron chi connectivity index (χ4n) is 2.97. The Morgan fingerprint density at radius 2 is 2.29 bits per heavy atom. The van der Waals surface area contributed by atoms with E-state index in [1.807, 2.05) is 13.8 Å². The monoisotopic (exact) mass is 239 g/mol. The number of fused-ring (bicyclic) bond motifs is 1. The van der Waals surface area contributed by atoms with Gasteiger partial charge in [-0.3, -0.25) is 4.79 Å². The molecule has 2 fully saturated rings. The van der Waals surface area contributed by atoms with Crippen molar-refractivity contribution < 1.29 is 4.79 Å². The van der Waals surface area contributed by atoms with Crippen molar-refractivity contribution in [2.45, 2.75) is 45.2 Å². The Balaban J connectivity index is 1.69. The molecule has 0 aromatic carbocycles. The van der Waals surface area contributed by atoms with Crippen LogP contribution in [0.2, 0.25) is 0 Å². The summed E-state index contributed by atoms with van der Waals surface area (Å²) in [6, 6.07) is 0.933. The van der Waals surface area contributed by atoms with Crippen LogP contribution < -0.4 is 10.6 Å². The van der Waals surface area contributed by atoms with Gasteiger partial charge in [-0.05, 0) is 39.2 Å². The van der Waals surface area contributed by atoms with Crippen molar-refractivity contribution in [3.05, 3.63) is 0 Å². The average molecular weight is 239 g/mol. The van der Waals surface area contributed by atoms with Gasteiger partial charge in [0, 0.05) is 38.1 Å². The summed E-state index contributed by atoms with van der Waals surface area (Å²) in [4.78, 5) is 14.0. The standard InChI is InChI=1S/C13H25N3O/c1-10(2)15-13(17)5-7-16-8-11-4-3-6-14-12(11)9-16/h10-12,14H,3-9H2,1-2H3,(H,15,17)/t11-,12+/m0/s1. The van der Waals surface area contributed by atoms with Gasteiger partial charge in [-0.1, -0.05) is 0 Å². The van der Waals surface area contributed by atoms with Crippen LogP contribution in [0.5, 0.6) is 0 Å². The molecule has 0 aromatic rings. The summed E-state index contributed by atoms with van der Waals surface area (Å²) < 4.78 is 0. The van der Waals surface area contributed by atoms with E-state index < -0.39 is 0 Å². The van der Waals surface area contributed by atoms with Gasteiger partial charge in [-0.2, -0.15) is 0 Å². The van der Waals surface area contributed by atoms with Crippen molar-refractivity contribution in [1.82, 2.24) is 15.5 Å². The highest BCUT2D eigenvalue weighted by atomic mass is 16.1. The van der Waals surface area contributed by atoms with Crippen molar-refractivity contribution in [3.8, 4) is 0 Å². The number of hydrogen-bond acceptors (Lipinski definition) is 3. The molecule has 2 atom stereocenters. The van der Waals surface area contributed by atoms with Crippen molar-refractivity contribution in [2.75, 3.05) is 26.2 Å². The van der Waals surface area contributed by atoms with E-state index in [1.165, 1.54) is 25.9 Å². The zero-order valence-electron chi connectivity index (χ0n) is 11.0. The molecule has 0 aliphatic carbocycles. The fraction of sp³-hybridized carbons (Fsp3) is 0.923. The predicted molar refractivity (Wildman–Crippen MR) is 68.9 cm³/mol. The first-order valence-electron chi connectivity index (χ1n) is 6.90. The van der Waals surface area contributed by atoms with Gasteiger partial charge in [0.25, 0.3) is 0 Å². The summed E-state index contributed by atoms with van der Waals surface area (Å²) in [7, 11) is 0. The van der Waals surface area contributed by atoms with Crippen LogP contribution in [0.3, 0.4) is 0 Å². The number of likely N-dealkylation sites (tertiary alicyclic amines) is 1. The highest BCUT2D eigenvalue weighted by Crippen LogP contribution is 2.24. The first-order valence-corrected chi connectivity index (χ1v) is 6.90. The lowest BCUT2D eigenvalue weighted by atomic mass is 9.94. The van der Waals surface area contributed by atoms with Crippen LogP contribution in [-0.4, -0.2) is 49.1 Å². The van der Waals surface area contributed by atoms with Crippen molar-refractivity contribution >= 4 is 5.91 Å². The molecular weight excluding hydrogens is 214 g/mol. The van der Waals surface area contributed by atoms with E-state index in [9.17, 15) is 4.79 Å². The molecule has 0 unspecified atom stereocenters.